The molecule has 1 heterocycles. The standard InChI is InChI=1S/C10H14O4/c1-5(11)13-8-9(2,3)6(12)7-10(8,4)14-7/h7-8H,1-4H3. The highest BCUT2D eigenvalue weighted by molar-refractivity contribution is 5.96. The Hall–Kier alpha value is -0.900. The number of rotatable bonds is 1. The van der Waals surface area contributed by atoms with Gasteiger partial charge in [-0.2, -0.15) is 0 Å². The average molecular weight is 198 g/mol. The topological polar surface area (TPSA) is 55.9 Å². The van der Waals surface area contributed by atoms with Gasteiger partial charge in [-0.25, -0.2) is 0 Å². The summed E-state index contributed by atoms with van der Waals surface area (Å²) in [6.07, 6.45) is -0.827. The lowest BCUT2D eigenvalue weighted by molar-refractivity contribution is -0.160. The number of carbonyl (C=O) groups excluding carboxylic acids is 2. The molecular formula is C10H14O4. The fraction of sp³-hybridized carbons (Fsp3) is 0.800. The van der Waals surface area contributed by atoms with Gasteiger partial charge in [-0.15, -0.1) is 0 Å². The zero-order valence-corrected chi connectivity index (χ0v) is 8.79. The number of esters is 1. The molecule has 2 aliphatic rings. The quantitative estimate of drug-likeness (QED) is 0.459. The van der Waals surface area contributed by atoms with Crippen LogP contribution in [0, 0.1) is 5.41 Å². The molecule has 0 bridgehead atoms. The van der Waals surface area contributed by atoms with Gasteiger partial charge in [0.15, 0.2) is 5.78 Å². The predicted octanol–water partition coefficient (Wildman–Crippen LogP) is 0.684. The van der Waals surface area contributed by atoms with Crippen LogP contribution >= 0.6 is 0 Å². The summed E-state index contributed by atoms with van der Waals surface area (Å²) in [7, 11) is 0. The van der Waals surface area contributed by atoms with Crippen LogP contribution in [-0.4, -0.2) is 29.6 Å². The molecule has 0 aromatic heterocycles. The van der Waals surface area contributed by atoms with Gasteiger partial charge in [0.25, 0.3) is 0 Å². The van der Waals surface area contributed by atoms with Crippen molar-refractivity contribution in [2.24, 2.45) is 5.41 Å². The third-order valence-corrected chi connectivity index (χ3v) is 3.17. The average Bonchev–Trinajstić information content (AvgIpc) is 2.68. The van der Waals surface area contributed by atoms with Crippen LogP contribution in [0.5, 0.6) is 0 Å². The van der Waals surface area contributed by atoms with Crippen molar-refractivity contribution in [3.63, 3.8) is 0 Å². The monoisotopic (exact) mass is 198 g/mol. The molecule has 4 heteroatoms. The minimum absolute atomic E-state index is 0.0336. The Morgan fingerprint density at radius 2 is 2.00 bits per heavy atom. The van der Waals surface area contributed by atoms with Gasteiger partial charge in [-0.05, 0) is 20.8 Å². The summed E-state index contributed by atoms with van der Waals surface area (Å²) in [6, 6.07) is 0. The molecule has 3 atom stereocenters. The first-order valence-corrected chi connectivity index (χ1v) is 4.69. The van der Waals surface area contributed by atoms with E-state index in [1.165, 1.54) is 6.92 Å². The Bertz CT molecular complexity index is 320. The van der Waals surface area contributed by atoms with E-state index in [2.05, 4.69) is 0 Å². The largest absolute Gasteiger partial charge is 0.458 e. The first-order valence-electron chi connectivity index (χ1n) is 4.69. The molecule has 4 nitrogen and oxygen atoms in total. The van der Waals surface area contributed by atoms with Gasteiger partial charge in [0, 0.05) is 6.92 Å². The number of ether oxygens (including phenoxy) is 2. The van der Waals surface area contributed by atoms with E-state index in [0.717, 1.165) is 0 Å². The predicted molar refractivity (Wildman–Crippen MR) is 47.6 cm³/mol. The molecular weight excluding hydrogens is 184 g/mol. The molecule has 0 amide bonds. The summed E-state index contributed by atoms with van der Waals surface area (Å²) in [5.41, 5.74) is -1.20. The Kier molecular flexibility index (Phi) is 1.63. The van der Waals surface area contributed by atoms with Crippen LogP contribution in [0.25, 0.3) is 0 Å². The molecule has 1 saturated heterocycles. The van der Waals surface area contributed by atoms with E-state index in [0.29, 0.717) is 0 Å². The Morgan fingerprint density at radius 1 is 1.43 bits per heavy atom. The van der Waals surface area contributed by atoms with Crippen molar-refractivity contribution >= 4 is 11.8 Å². The zero-order chi connectivity index (χ0) is 10.7. The van der Waals surface area contributed by atoms with Crippen LogP contribution in [0.1, 0.15) is 27.7 Å². The first-order chi connectivity index (χ1) is 6.30. The highest BCUT2D eigenvalue weighted by Crippen LogP contribution is 2.56. The third kappa shape index (κ3) is 0.974. The lowest BCUT2D eigenvalue weighted by Gasteiger charge is -2.29. The van der Waals surface area contributed by atoms with Crippen molar-refractivity contribution in [3.05, 3.63) is 0 Å². The first kappa shape index (κ1) is 9.65. The number of hydrogen-bond acceptors (Lipinski definition) is 4. The van der Waals surface area contributed by atoms with E-state index in [-0.39, 0.29) is 17.9 Å². The van der Waals surface area contributed by atoms with E-state index in [9.17, 15) is 9.59 Å². The third-order valence-electron chi connectivity index (χ3n) is 3.17. The van der Waals surface area contributed by atoms with Crippen molar-refractivity contribution in [2.75, 3.05) is 0 Å². The molecule has 2 rings (SSSR count). The lowest BCUT2D eigenvalue weighted by atomic mass is 9.85. The van der Waals surface area contributed by atoms with Crippen LogP contribution in [0.15, 0.2) is 0 Å². The van der Waals surface area contributed by atoms with E-state index < -0.39 is 17.1 Å². The number of epoxide rings is 1. The van der Waals surface area contributed by atoms with Gasteiger partial charge in [-0.3, -0.25) is 9.59 Å². The van der Waals surface area contributed by atoms with Crippen LogP contribution in [0.2, 0.25) is 0 Å². The van der Waals surface area contributed by atoms with Gasteiger partial charge in [0.05, 0.1) is 5.41 Å². The maximum absolute atomic E-state index is 11.7. The van der Waals surface area contributed by atoms with Crippen molar-refractivity contribution in [1.29, 1.82) is 0 Å². The van der Waals surface area contributed by atoms with E-state index in [4.69, 9.17) is 9.47 Å². The van der Waals surface area contributed by atoms with Gasteiger partial charge in [-0.1, -0.05) is 0 Å². The molecule has 1 aliphatic carbocycles. The second-order valence-corrected chi connectivity index (χ2v) is 4.76. The van der Waals surface area contributed by atoms with E-state index in [1.807, 2.05) is 6.92 Å². The lowest BCUT2D eigenvalue weighted by Crippen LogP contribution is -2.41. The van der Waals surface area contributed by atoms with Crippen molar-refractivity contribution in [3.8, 4) is 0 Å². The van der Waals surface area contributed by atoms with Gasteiger partial charge < -0.3 is 9.47 Å². The fourth-order valence-electron chi connectivity index (χ4n) is 2.35. The molecule has 78 valence electrons. The molecule has 2 fully saturated rings. The van der Waals surface area contributed by atoms with Crippen LogP contribution in [0.4, 0.5) is 0 Å². The number of Topliss-reactive ketones (excluding diaryl/α,β-unsaturated/α-hetero) is 1. The molecule has 0 N–H and O–H groups in total. The van der Waals surface area contributed by atoms with Gasteiger partial charge in [0.2, 0.25) is 0 Å². The Balaban J connectivity index is 2.29. The summed E-state index contributed by atoms with van der Waals surface area (Å²) < 4.78 is 10.4. The molecule has 0 spiro atoms. The Labute approximate surface area is 82.6 Å². The van der Waals surface area contributed by atoms with Gasteiger partial charge >= 0.3 is 5.97 Å². The SMILES string of the molecule is CC(=O)OC1C(C)(C)C(=O)C2OC21C. The minimum atomic E-state index is -0.622. The molecule has 3 unspecified atom stereocenters. The number of hydrogen-bond donors (Lipinski definition) is 0. The van der Waals surface area contributed by atoms with Crippen molar-refractivity contribution in [2.45, 2.75) is 45.5 Å². The zero-order valence-electron chi connectivity index (χ0n) is 8.79. The molecule has 1 aliphatic heterocycles. The normalized spacial score (nSPS) is 43.3. The summed E-state index contributed by atoms with van der Waals surface area (Å²) >= 11 is 0. The highest BCUT2D eigenvalue weighted by atomic mass is 16.7. The summed E-state index contributed by atoms with van der Waals surface area (Å²) in [5.74, 6) is -0.334. The number of carbonyl (C=O) groups is 2. The van der Waals surface area contributed by atoms with E-state index >= 15 is 0 Å². The summed E-state index contributed by atoms with van der Waals surface area (Å²) in [4.78, 5) is 22.7. The summed E-state index contributed by atoms with van der Waals surface area (Å²) in [6.45, 7) is 6.75. The minimum Gasteiger partial charge on any atom is -0.458 e. The number of fused-ring (bicyclic) bond motifs is 1. The Morgan fingerprint density at radius 3 is 2.36 bits per heavy atom. The maximum Gasteiger partial charge on any atom is 0.303 e. The molecule has 14 heavy (non-hydrogen) atoms. The van der Waals surface area contributed by atoms with Crippen molar-refractivity contribution in [1.82, 2.24) is 0 Å². The maximum atomic E-state index is 11.7. The van der Waals surface area contributed by atoms with E-state index in [1.54, 1.807) is 13.8 Å². The summed E-state index contributed by atoms with van der Waals surface area (Å²) in [5, 5.41) is 0. The molecule has 1 saturated carbocycles. The second-order valence-electron chi connectivity index (χ2n) is 4.76. The smallest absolute Gasteiger partial charge is 0.303 e. The van der Waals surface area contributed by atoms with Crippen LogP contribution < -0.4 is 0 Å². The van der Waals surface area contributed by atoms with Crippen LogP contribution in [-0.2, 0) is 19.1 Å². The fourth-order valence-corrected chi connectivity index (χ4v) is 2.35. The number of ketones is 1. The second kappa shape index (κ2) is 2.37. The van der Waals surface area contributed by atoms with Crippen LogP contribution in [0.3, 0.4) is 0 Å². The molecule has 0 radical (unpaired) electrons. The van der Waals surface area contributed by atoms with Gasteiger partial charge in [0.1, 0.15) is 17.8 Å². The van der Waals surface area contributed by atoms with Crippen molar-refractivity contribution < 1.29 is 19.1 Å². The molecule has 0 aromatic carbocycles. The highest BCUT2D eigenvalue weighted by Gasteiger charge is 2.76. The molecule has 0 aromatic rings.